The number of pyridine rings is 1. The van der Waals surface area contributed by atoms with E-state index in [-0.39, 0.29) is 12.3 Å². The number of hydrogen-bond donors (Lipinski definition) is 2. The molecule has 1 saturated heterocycles. The predicted molar refractivity (Wildman–Crippen MR) is 136 cm³/mol. The Labute approximate surface area is 220 Å². The largest absolute Gasteiger partial charge is 0.452 e. The van der Waals surface area contributed by atoms with Gasteiger partial charge in [0.05, 0.1) is 17.8 Å². The van der Waals surface area contributed by atoms with Crippen molar-refractivity contribution in [1.82, 2.24) is 15.3 Å². The van der Waals surface area contributed by atoms with E-state index in [1.54, 1.807) is 62.2 Å². The third-order valence-corrected chi connectivity index (χ3v) is 6.71. The molecule has 10 nitrogen and oxygen atoms in total. The molecular weight excluding hydrogens is 498 g/mol. The Morgan fingerprint density at radius 3 is 2.59 bits per heavy atom. The van der Waals surface area contributed by atoms with E-state index in [0.29, 0.717) is 41.5 Å². The number of ether oxygens (including phenoxy) is 1. The third kappa shape index (κ3) is 5.30. The second kappa shape index (κ2) is 10.1. The molecule has 2 unspecified atom stereocenters. The molecule has 2 aliphatic rings. The van der Waals surface area contributed by atoms with Gasteiger partial charge in [0.2, 0.25) is 0 Å². The number of fused-ring (bicyclic) bond motifs is 1. The van der Waals surface area contributed by atoms with Crippen molar-refractivity contribution in [1.29, 1.82) is 0 Å². The van der Waals surface area contributed by atoms with Crippen molar-refractivity contribution in [3.63, 3.8) is 0 Å². The minimum atomic E-state index is -1.92. The highest BCUT2D eigenvalue weighted by molar-refractivity contribution is 6.31. The Bertz CT molecular complexity index is 1210. The van der Waals surface area contributed by atoms with Crippen LogP contribution in [0.15, 0.2) is 42.6 Å². The topological polar surface area (TPSA) is 118 Å². The number of aromatic nitrogens is 1. The first-order valence-electron chi connectivity index (χ1n) is 12.1. The number of Topliss-reactive ketones (excluding diaryl/α,β-unsaturated/α-hetero) is 1. The van der Waals surface area contributed by atoms with Crippen molar-refractivity contribution in [2.75, 3.05) is 18.4 Å². The number of benzene rings is 1. The average molecular weight is 529 g/mol. The number of nitrogens with one attached hydrogen (secondary N) is 2. The number of hydrogen-bond acceptors (Lipinski definition) is 7. The van der Waals surface area contributed by atoms with Crippen LogP contribution in [0.5, 0.6) is 0 Å². The second-order valence-electron chi connectivity index (χ2n) is 10.3. The number of anilines is 1. The van der Waals surface area contributed by atoms with Gasteiger partial charge in [-0.2, -0.15) is 5.43 Å². The first-order chi connectivity index (χ1) is 17.5. The smallest absolute Gasteiger partial charge is 0.441 e. The van der Waals surface area contributed by atoms with E-state index in [9.17, 15) is 19.2 Å². The molecule has 3 heterocycles. The zero-order chi connectivity index (χ0) is 26.8. The monoisotopic (exact) mass is 528 g/mol. The second-order valence-corrected chi connectivity index (χ2v) is 10.8. The molecule has 1 fully saturated rings. The van der Waals surface area contributed by atoms with Gasteiger partial charge in [-0.05, 0) is 63.9 Å². The van der Waals surface area contributed by atoms with Crippen molar-refractivity contribution in [2.45, 2.75) is 57.8 Å². The molecule has 37 heavy (non-hydrogen) atoms. The fraction of sp³-hybridized carbons (Fsp3) is 0.423. The number of ketones is 1. The minimum Gasteiger partial charge on any atom is -0.441 e. The van der Waals surface area contributed by atoms with Crippen molar-refractivity contribution in [3.8, 4) is 0 Å². The fourth-order valence-electron chi connectivity index (χ4n) is 4.81. The lowest BCUT2D eigenvalue weighted by molar-refractivity contribution is -0.930. The van der Waals surface area contributed by atoms with Crippen LogP contribution in [0.1, 0.15) is 56.1 Å². The lowest BCUT2D eigenvalue weighted by atomic mass is 9.88. The summed E-state index contributed by atoms with van der Waals surface area (Å²) in [5, 5.41) is 3.53. The standard InChI is InChI=1S/C26H30ClN5O5/c1-25(2,3)37-24(36)30-32(17-33,16-19-8-4-5-11-28-19)26(23(35)31-12-6-7-13-31)15-22(34)20-10-9-18(27)14-21(20)29-26/h4-5,8-11,14,17H,6-7,12-13,15-16H2,1-3H3,(H-,29,30,34,36)/p+1. The first-order valence-corrected chi connectivity index (χ1v) is 12.5. The van der Waals surface area contributed by atoms with Gasteiger partial charge in [-0.3, -0.25) is 14.6 Å². The Balaban J connectivity index is 1.92. The molecule has 0 aliphatic carbocycles. The maximum atomic E-state index is 14.3. The van der Waals surface area contributed by atoms with Crippen LogP contribution in [-0.4, -0.2) is 63.0 Å². The fourth-order valence-corrected chi connectivity index (χ4v) is 4.99. The summed E-state index contributed by atoms with van der Waals surface area (Å²) in [6.45, 7) is 5.77. The highest BCUT2D eigenvalue weighted by atomic mass is 35.5. The van der Waals surface area contributed by atoms with Crippen molar-refractivity contribution in [2.24, 2.45) is 0 Å². The van der Waals surface area contributed by atoms with E-state index in [1.165, 1.54) is 6.07 Å². The summed E-state index contributed by atoms with van der Waals surface area (Å²) < 4.78 is 4.49. The summed E-state index contributed by atoms with van der Waals surface area (Å²) in [6.07, 6.45) is 2.28. The van der Waals surface area contributed by atoms with Gasteiger partial charge in [-0.1, -0.05) is 17.7 Å². The summed E-state index contributed by atoms with van der Waals surface area (Å²) in [5.41, 5.74) is 0.900. The van der Waals surface area contributed by atoms with E-state index in [0.717, 1.165) is 12.8 Å². The Morgan fingerprint density at radius 2 is 1.97 bits per heavy atom. The third-order valence-electron chi connectivity index (χ3n) is 6.48. The predicted octanol–water partition coefficient (Wildman–Crippen LogP) is 3.67. The van der Waals surface area contributed by atoms with Gasteiger partial charge in [-0.25, -0.2) is 9.59 Å². The summed E-state index contributed by atoms with van der Waals surface area (Å²) in [6, 6.07) is 9.83. The number of carbonyl (C=O) groups excluding carboxylic acids is 4. The van der Waals surface area contributed by atoms with Crippen LogP contribution >= 0.6 is 11.6 Å². The van der Waals surface area contributed by atoms with Crippen LogP contribution in [0.25, 0.3) is 0 Å². The molecule has 196 valence electrons. The zero-order valence-corrected chi connectivity index (χ0v) is 21.9. The highest BCUT2D eigenvalue weighted by Crippen LogP contribution is 2.40. The van der Waals surface area contributed by atoms with Gasteiger partial charge >= 0.3 is 18.4 Å². The molecule has 0 radical (unpaired) electrons. The van der Waals surface area contributed by atoms with Gasteiger partial charge in [0.25, 0.3) is 5.66 Å². The molecule has 2 N–H and O–H groups in total. The average Bonchev–Trinajstić information content (AvgIpc) is 3.37. The van der Waals surface area contributed by atoms with E-state index in [4.69, 9.17) is 16.3 Å². The van der Waals surface area contributed by atoms with E-state index in [1.807, 2.05) is 0 Å². The molecule has 2 aliphatic heterocycles. The molecule has 11 heteroatoms. The molecule has 0 bridgehead atoms. The number of amides is 3. The number of nitrogens with zero attached hydrogens (tertiary/aromatic N) is 3. The van der Waals surface area contributed by atoms with Crippen LogP contribution in [0.2, 0.25) is 5.02 Å². The Morgan fingerprint density at radius 1 is 1.24 bits per heavy atom. The van der Waals surface area contributed by atoms with Gasteiger partial charge in [-0.15, -0.1) is 4.59 Å². The molecular formula is C26H31ClN5O5+. The van der Waals surface area contributed by atoms with Crippen LogP contribution in [0.4, 0.5) is 10.5 Å². The molecule has 1 aromatic carbocycles. The molecule has 4 rings (SSSR count). The number of likely N-dealkylation sites (tertiary alicyclic amines) is 1. The summed E-state index contributed by atoms with van der Waals surface area (Å²) in [7, 11) is 0. The van der Waals surface area contributed by atoms with Gasteiger partial charge < -0.3 is 15.0 Å². The molecule has 3 amide bonds. The van der Waals surface area contributed by atoms with Crippen LogP contribution in [-0.2, 0) is 20.9 Å². The van der Waals surface area contributed by atoms with E-state index < -0.39 is 34.3 Å². The van der Waals surface area contributed by atoms with Crippen molar-refractivity contribution in [3.05, 3.63) is 58.9 Å². The number of halogens is 1. The summed E-state index contributed by atoms with van der Waals surface area (Å²) in [5.74, 6) is -0.850. The molecule has 0 saturated carbocycles. The lowest BCUT2D eigenvalue weighted by Crippen LogP contribution is -2.80. The van der Waals surface area contributed by atoms with E-state index >= 15 is 0 Å². The van der Waals surface area contributed by atoms with Crippen LogP contribution < -0.4 is 10.7 Å². The lowest BCUT2D eigenvalue weighted by Gasteiger charge is -2.49. The maximum absolute atomic E-state index is 14.3. The maximum Gasteiger partial charge on any atom is 0.452 e. The Kier molecular flexibility index (Phi) is 7.25. The SMILES string of the molecule is CC(C)(C)OC(=O)N[N+](C=O)(Cc1ccccn1)C1(C(=O)N2CCCC2)CC(=O)c2ccc(Cl)cc2N1. The molecule has 1 aromatic heterocycles. The highest BCUT2D eigenvalue weighted by Gasteiger charge is 2.64. The van der Waals surface area contributed by atoms with Crippen LogP contribution in [0.3, 0.4) is 0 Å². The summed E-state index contributed by atoms with van der Waals surface area (Å²) >= 11 is 6.24. The van der Waals surface area contributed by atoms with Gasteiger partial charge in [0.15, 0.2) is 12.3 Å². The molecule has 2 atom stereocenters. The van der Waals surface area contributed by atoms with Crippen molar-refractivity contribution >= 4 is 41.5 Å². The number of rotatable bonds is 6. The zero-order valence-electron chi connectivity index (χ0n) is 21.1. The van der Waals surface area contributed by atoms with Gasteiger partial charge in [0.1, 0.15) is 5.60 Å². The van der Waals surface area contributed by atoms with Gasteiger partial charge in [0, 0.05) is 29.9 Å². The quantitative estimate of drug-likeness (QED) is 0.334. The summed E-state index contributed by atoms with van der Waals surface area (Å²) in [4.78, 5) is 60.1. The normalized spacial score (nSPS) is 20.9. The van der Waals surface area contributed by atoms with E-state index in [2.05, 4.69) is 15.7 Å². The number of carbonyl (C=O) groups is 4. The first kappa shape index (κ1) is 26.6. The Hall–Kier alpha value is -3.50. The molecule has 2 aromatic rings. The minimum absolute atomic E-state index is 0.223. The van der Waals surface area contributed by atoms with Crippen molar-refractivity contribution < 1.29 is 28.5 Å². The molecule has 0 spiro atoms. The number of quaternary nitrogens is 1. The van der Waals surface area contributed by atoms with Crippen LogP contribution in [0, 0.1) is 0 Å².